The summed E-state index contributed by atoms with van der Waals surface area (Å²) >= 11 is 0. The maximum Gasteiger partial charge on any atom is 0.254 e. The van der Waals surface area contributed by atoms with Gasteiger partial charge in [-0.25, -0.2) is 4.39 Å². The van der Waals surface area contributed by atoms with Crippen LogP contribution in [0.15, 0.2) is 4.79 Å². The largest absolute Gasteiger partial charge is 0.394 e. The fraction of sp³-hybridized carbons (Fsp3) is 0.462. The van der Waals surface area contributed by atoms with Crippen LogP contribution in [0, 0.1) is 25.1 Å². The van der Waals surface area contributed by atoms with Crippen molar-refractivity contribution in [2.45, 2.75) is 31.3 Å². The first-order valence-electron chi connectivity index (χ1n) is 5.93. The van der Waals surface area contributed by atoms with Crippen molar-refractivity contribution in [3.05, 3.63) is 33.0 Å². The second-order valence-corrected chi connectivity index (χ2v) is 4.59. The molecule has 1 aromatic rings. The number of aromatic amines is 1. The number of terminal acetylenes is 1. The zero-order chi connectivity index (χ0) is 15.0. The predicted octanol–water partition coefficient (Wildman–Crippen LogP) is -1.04. The molecule has 6 nitrogen and oxygen atoms in total. The summed E-state index contributed by atoms with van der Waals surface area (Å²) in [6.07, 6.45) is 0.0761. The number of ether oxygens (including phenoxy) is 1. The molecule has 0 saturated carbocycles. The number of rotatable bonds is 2. The highest BCUT2D eigenvalue weighted by Gasteiger charge is 2.45. The van der Waals surface area contributed by atoms with E-state index in [9.17, 15) is 19.4 Å². The Morgan fingerprint density at radius 2 is 2.10 bits per heavy atom. The molecule has 0 spiro atoms. The lowest BCUT2D eigenvalue weighted by Crippen LogP contribution is -2.32. The Kier molecular flexibility index (Phi) is 3.92. The lowest BCUT2D eigenvalue weighted by atomic mass is 9.98. The van der Waals surface area contributed by atoms with E-state index in [1.165, 1.54) is 6.92 Å². The monoisotopic (exact) mass is 283 g/mol. The van der Waals surface area contributed by atoms with E-state index in [1.807, 2.05) is 0 Å². The number of H-pyrrole nitrogens is 1. The van der Waals surface area contributed by atoms with Gasteiger partial charge in [0.1, 0.15) is 35.9 Å². The van der Waals surface area contributed by atoms with Gasteiger partial charge in [-0.15, -0.1) is 6.42 Å². The standard InChI is InChI=1S/C13H14FNO5/c1-3-6-8(9(14)5(2)13(19)15-6)12-11(18)10(17)7(4-16)20-12/h1,7,10-12,16-18H,4H2,2H3,(H,15,19). The van der Waals surface area contributed by atoms with Crippen LogP contribution in [-0.2, 0) is 4.74 Å². The van der Waals surface area contributed by atoms with E-state index < -0.39 is 42.4 Å². The number of hydrogen-bond acceptors (Lipinski definition) is 5. The van der Waals surface area contributed by atoms with Gasteiger partial charge >= 0.3 is 0 Å². The summed E-state index contributed by atoms with van der Waals surface area (Å²) < 4.78 is 19.5. The van der Waals surface area contributed by atoms with Crippen molar-refractivity contribution in [1.82, 2.24) is 4.98 Å². The zero-order valence-electron chi connectivity index (χ0n) is 10.6. The number of aliphatic hydroxyl groups is 3. The summed E-state index contributed by atoms with van der Waals surface area (Å²) in [5, 5.41) is 28.6. The highest BCUT2D eigenvalue weighted by Crippen LogP contribution is 2.36. The van der Waals surface area contributed by atoms with Crippen molar-refractivity contribution < 1.29 is 24.4 Å². The molecule has 4 atom stereocenters. The second kappa shape index (κ2) is 5.34. The quantitative estimate of drug-likeness (QED) is 0.519. The van der Waals surface area contributed by atoms with Gasteiger partial charge in [-0.1, -0.05) is 5.92 Å². The Morgan fingerprint density at radius 1 is 1.45 bits per heavy atom. The molecule has 0 aliphatic carbocycles. The molecule has 1 aliphatic rings. The molecule has 108 valence electrons. The molecule has 0 aromatic carbocycles. The minimum Gasteiger partial charge on any atom is -0.394 e. The first-order chi connectivity index (χ1) is 9.42. The molecule has 2 heterocycles. The van der Waals surface area contributed by atoms with E-state index in [1.54, 1.807) is 0 Å². The van der Waals surface area contributed by atoms with Crippen molar-refractivity contribution in [1.29, 1.82) is 0 Å². The Morgan fingerprint density at radius 3 is 2.60 bits per heavy atom. The SMILES string of the molecule is C#Cc1[nH]c(=O)c(C)c(F)c1C1OC(CO)C(O)C1O. The summed E-state index contributed by atoms with van der Waals surface area (Å²) in [6, 6.07) is 0. The third kappa shape index (κ3) is 2.13. The van der Waals surface area contributed by atoms with Crippen LogP contribution in [0.3, 0.4) is 0 Å². The summed E-state index contributed by atoms with van der Waals surface area (Å²) in [5.41, 5.74) is -1.23. The third-order valence-electron chi connectivity index (χ3n) is 3.39. The molecule has 1 saturated heterocycles. The van der Waals surface area contributed by atoms with Gasteiger partial charge in [-0.3, -0.25) is 4.79 Å². The van der Waals surface area contributed by atoms with Crippen LogP contribution in [0.25, 0.3) is 0 Å². The number of aromatic nitrogens is 1. The molecule has 1 aliphatic heterocycles. The zero-order valence-corrected chi connectivity index (χ0v) is 10.6. The van der Waals surface area contributed by atoms with Crippen LogP contribution in [0.4, 0.5) is 4.39 Å². The van der Waals surface area contributed by atoms with E-state index >= 15 is 0 Å². The molecule has 20 heavy (non-hydrogen) atoms. The molecule has 4 N–H and O–H groups in total. The molecule has 7 heteroatoms. The van der Waals surface area contributed by atoms with E-state index in [4.69, 9.17) is 16.3 Å². The van der Waals surface area contributed by atoms with Crippen molar-refractivity contribution in [3.63, 3.8) is 0 Å². The molecule has 1 fully saturated rings. The molecule has 0 bridgehead atoms. The summed E-state index contributed by atoms with van der Waals surface area (Å²) in [7, 11) is 0. The van der Waals surface area contributed by atoms with E-state index in [-0.39, 0.29) is 16.8 Å². The van der Waals surface area contributed by atoms with Crippen molar-refractivity contribution in [3.8, 4) is 12.3 Å². The lowest BCUT2D eigenvalue weighted by Gasteiger charge is -2.18. The molecule has 4 unspecified atom stereocenters. The molecule has 0 amide bonds. The highest BCUT2D eigenvalue weighted by atomic mass is 19.1. The number of nitrogens with one attached hydrogen (secondary N) is 1. The number of pyridine rings is 1. The van der Waals surface area contributed by atoms with E-state index in [0.29, 0.717) is 0 Å². The predicted molar refractivity (Wildman–Crippen MR) is 66.4 cm³/mol. The molecular weight excluding hydrogens is 269 g/mol. The fourth-order valence-corrected chi connectivity index (χ4v) is 2.21. The highest BCUT2D eigenvalue weighted by molar-refractivity contribution is 5.40. The van der Waals surface area contributed by atoms with Gasteiger partial charge in [0.2, 0.25) is 0 Å². The van der Waals surface area contributed by atoms with Gasteiger partial charge in [-0.05, 0) is 6.92 Å². The van der Waals surface area contributed by atoms with Crippen LogP contribution < -0.4 is 5.56 Å². The smallest absolute Gasteiger partial charge is 0.254 e. The number of halogens is 1. The summed E-state index contributed by atoms with van der Waals surface area (Å²) in [5.74, 6) is 1.23. The average Bonchev–Trinajstić information content (AvgIpc) is 2.72. The van der Waals surface area contributed by atoms with E-state index in [2.05, 4.69) is 10.9 Å². The Hall–Kier alpha value is -1.72. The van der Waals surface area contributed by atoms with Gasteiger partial charge in [0, 0.05) is 0 Å². The van der Waals surface area contributed by atoms with Crippen LogP contribution in [0.2, 0.25) is 0 Å². The van der Waals surface area contributed by atoms with Crippen molar-refractivity contribution >= 4 is 0 Å². The van der Waals surface area contributed by atoms with Crippen LogP contribution in [0.1, 0.15) is 22.9 Å². The lowest BCUT2D eigenvalue weighted by molar-refractivity contribution is -0.0239. The van der Waals surface area contributed by atoms with Crippen LogP contribution in [-0.4, -0.2) is 45.2 Å². The normalized spacial score (nSPS) is 29.4. The van der Waals surface area contributed by atoms with Crippen LogP contribution >= 0.6 is 0 Å². The Balaban J connectivity index is 2.57. The van der Waals surface area contributed by atoms with E-state index in [0.717, 1.165) is 0 Å². The van der Waals surface area contributed by atoms with Gasteiger partial charge < -0.3 is 25.0 Å². The topological polar surface area (TPSA) is 103 Å². The Labute approximate surface area is 113 Å². The summed E-state index contributed by atoms with van der Waals surface area (Å²) in [6.45, 7) is 0.726. The molecule has 2 rings (SSSR count). The van der Waals surface area contributed by atoms with Gasteiger partial charge in [0.15, 0.2) is 0 Å². The average molecular weight is 283 g/mol. The summed E-state index contributed by atoms with van der Waals surface area (Å²) in [4.78, 5) is 13.8. The minimum atomic E-state index is -1.46. The minimum absolute atomic E-state index is 0.159. The number of hydrogen-bond donors (Lipinski definition) is 4. The maximum atomic E-state index is 14.2. The van der Waals surface area contributed by atoms with Gasteiger partial charge in [0.25, 0.3) is 5.56 Å². The van der Waals surface area contributed by atoms with Crippen molar-refractivity contribution in [2.75, 3.05) is 6.61 Å². The fourth-order valence-electron chi connectivity index (χ4n) is 2.21. The number of aliphatic hydroxyl groups excluding tert-OH is 3. The van der Waals surface area contributed by atoms with Crippen molar-refractivity contribution in [2.24, 2.45) is 0 Å². The first-order valence-corrected chi connectivity index (χ1v) is 5.93. The van der Waals surface area contributed by atoms with Gasteiger partial charge in [0.05, 0.1) is 17.7 Å². The maximum absolute atomic E-state index is 14.2. The Bertz CT molecular complexity index is 620. The second-order valence-electron chi connectivity index (χ2n) is 4.59. The molecule has 0 radical (unpaired) electrons. The van der Waals surface area contributed by atoms with Gasteiger partial charge in [-0.2, -0.15) is 0 Å². The molecule has 1 aromatic heterocycles. The van der Waals surface area contributed by atoms with Crippen LogP contribution in [0.5, 0.6) is 0 Å². The molecular formula is C13H14FNO5. The first kappa shape index (κ1) is 14.7. The third-order valence-corrected chi connectivity index (χ3v) is 3.39.